The number of halogens is 1. The third-order valence-electron chi connectivity index (χ3n) is 5.97. The predicted molar refractivity (Wildman–Crippen MR) is 114 cm³/mol. The number of benzene rings is 2. The molecule has 0 radical (unpaired) electrons. The molecule has 2 aromatic rings. The number of amides is 2. The maximum absolute atomic E-state index is 13.4. The van der Waals surface area contributed by atoms with Gasteiger partial charge in [-0.3, -0.25) is 14.5 Å². The topological polar surface area (TPSA) is 87.2 Å². The molecule has 0 bridgehead atoms. The molecule has 2 aromatic carbocycles. The van der Waals surface area contributed by atoms with Gasteiger partial charge in [-0.05, 0) is 31.2 Å². The van der Waals surface area contributed by atoms with E-state index in [0.29, 0.717) is 42.1 Å². The van der Waals surface area contributed by atoms with Crippen molar-refractivity contribution in [1.29, 1.82) is 0 Å². The molecule has 0 aliphatic carbocycles. The molecule has 1 atom stereocenters. The van der Waals surface area contributed by atoms with Crippen molar-refractivity contribution in [2.45, 2.75) is 31.5 Å². The van der Waals surface area contributed by atoms with Crippen LogP contribution >= 0.6 is 11.6 Å². The van der Waals surface area contributed by atoms with Gasteiger partial charge in [-0.1, -0.05) is 41.4 Å². The summed E-state index contributed by atoms with van der Waals surface area (Å²) in [5, 5.41) is 10.1. The number of carboxylic acid groups (broad SMARTS) is 1. The van der Waals surface area contributed by atoms with Crippen molar-refractivity contribution in [3.05, 3.63) is 70.2 Å². The fourth-order valence-electron chi connectivity index (χ4n) is 4.34. The number of piperidine rings is 1. The summed E-state index contributed by atoms with van der Waals surface area (Å²) in [4.78, 5) is 41.2. The molecule has 4 rings (SSSR count). The first-order valence-corrected chi connectivity index (χ1v) is 10.5. The highest BCUT2D eigenvalue weighted by Gasteiger charge is 2.54. The molecule has 8 heteroatoms. The van der Waals surface area contributed by atoms with Gasteiger partial charge in [-0.15, -0.1) is 0 Å². The summed E-state index contributed by atoms with van der Waals surface area (Å²) in [7, 11) is 0. The Kier molecular flexibility index (Phi) is 5.73. The van der Waals surface area contributed by atoms with Crippen molar-refractivity contribution in [3.63, 3.8) is 0 Å². The SMILES string of the molecule is Cc1cccc(C(=O)N2C(C(=O)O)COC23CCN(C(=O)c2ccccc2Cl)CC3)c1. The maximum Gasteiger partial charge on any atom is 0.328 e. The Morgan fingerprint density at radius 2 is 1.77 bits per heavy atom. The lowest BCUT2D eigenvalue weighted by Gasteiger charge is -2.44. The van der Waals surface area contributed by atoms with Crippen molar-refractivity contribution in [3.8, 4) is 0 Å². The first-order valence-electron chi connectivity index (χ1n) is 10.1. The van der Waals surface area contributed by atoms with Gasteiger partial charge >= 0.3 is 5.97 Å². The van der Waals surface area contributed by atoms with Crippen molar-refractivity contribution in [1.82, 2.24) is 9.80 Å². The Morgan fingerprint density at radius 1 is 1.06 bits per heavy atom. The summed E-state index contributed by atoms with van der Waals surface area (Å²) in [6.45, 7) is 2.45. The van der Waals surface area contributed by atoms with Gasteiger partial charge in [0.15, 0.2) is 6.04 Å². The molecule has 1 unspecified atom stereocenters. The van der Waals surface area contributed by atoms with Crippen LogP contribution in [0.4, 0.5) is 0 Å². The van der Waals surface area contributed by atoms with Gasteiger partial charge in [0, 0.05) is 31.5 Å². The van der Waals surface area contributed by atoms with Gasteiger partial charge in [0.05, 0.1) is 17.2 Å². The van der Waals surface area contributed by atoms with Crippen LogP contribution in [0.15, 0.2) is 48.5 Å². The monoisotopic (exact) mass is 442 g/mol. The molecular weight excluding hydrogens is 420 g/mol. The van der Waals surface area contributed by atoms with Crippen LogP contribution < -0.4 is 0 Å². The Hall–Kier alpha value is -2.90. The molecule has 7 nitrogen and oxygen atoms in total. The average molecular weight is 443 g/mol. The first-order chi connectivity index (χ1) is 14.8. The van der Waals surface area contributed by atoms with E-state index in [1.807, 2.05) is 13.0 Å². The maximum atomic E-state index is 13.4. The van der Waals surface area contributed by atoms with Crippen LogP contribution in [0.1, 0.15) is 39.1 Å². The quantitative estimate of drug-likeness (QED) is 0.788. The molecule has 2 aliphatic heterocycles. The molecule has 2 heterocycles. The zero-order valence-electron chi connectivity index (χ0n) is 17.1. The third kappa shape index (κ3) is 3.91. The number of rotatable bonds is 3. The van der Waals surface area contributed by atoms with Gasteiger partial charge < -0.3 is 14.7 Å². The van der Waals surface area contributed by atoms with Gasteiger partial charge in [-0.2, -0.15) is 0 Å². The number of ether oxygens (including phenoxy) is 1. The summed E-state index contributed by atoms with van der Waals surface area (Å²) in [5.74, 6) is -1.67. The smallest absolute Gasteiger partial charge is 0.328 e. The first kappa shape index (κ1) is 21.3. The minimum atomic E-state index is -1.10. The summed E-state index contributed by atoms with van der Waals surface area (Å²) in [6.07, 6.45) is 0.648. The van der Waals surface area contributed by atoms with Crippen LogP contribution in [0, 0.1) is 6.92 Å². The van der Waals surface area contributed by atoms with E-state index in [0.717, 1.165) is 5.56 Å². The molecule has 0 aromatic heterocycles. The second kappa shape index (κ2) is 8.32. The standard InChI is InChI=1S/C23H23ClN2O5/c1-15-5-4-6-16(13-15)20(27)26-19(22(29)30)14-31-23(26)9-11-25(12-10-23)21(28)17-7-2-3-8-18(17)24/h2-8,13,19H,9-12,14H2,1H3,(H,29,30). The summed E-state index contributed by atoms with van der Waals surface area (Å²) < 4.78 is 5.96. The van der Waals surface area contributed by atoms with Crippen LogP contribution in [0.2, 0.25) is 5.02 Å². The summed E-state index contributed by atoms with van der Waals surface area (Å²) >= 11 is 6.17. The molecule has 1 spiro atoms. The van der Waals surface area contributed by atoms with E-state index in [2.05, 4.69) is 0 Å². The van der Waals surface area contributed by atoms with E-state index in [1.54, 1.807) is 47.4 Å². The highest BCUT2D eigenvalue weighted by atomic mass is 35.5. The minimum Gasteiger partial charge on any atom is -0.480 e. The van der Waals surface area contributed by atoms with Crippen LogP contribution in [0.5, 0.6) is 0 Å². The molecule has 2 amide bonds. The molecule has 162 valence electrons. The van der Waals surface area contributed by atoms with Crippen LogP contribution in [-0.2, 0) is 9.53 Å². The lowest BCUT2D eigenvalue weighted by Crippen LogP contribution is -2.58. The Balaban J connectivity index is 1.58. The molecule has 31 heavy (non-hydrogen) atoms. The molecule has 2 fully saturated rings. The molecular formula is C23H23ClN2O5. The van der Waals surface area contributed by atoms with E-state index in [9.17, 15) is 19.5 Å². The summed E-state index contributed by atoms with van der Waals surface area (Å²) in [6, 6.07) is 12.9. The summed E-state index contributed by atoms with van der Waals surface area (Å²) in [5.41, 5.74) is 0.697. The highest BCUT2D eigenvalue weighted by Crippen LogP contribution is 2.39. The Labute approximate surface area is 185 Å². The lowest BCUT2D eigenvalue weighted by molar-refractivity contribution is -0.143. The number of likely N-dealkylation sites (tertiary alicyclic amines) is 1. The number of aryl methyl sites for hydroxylation is 1. The van der Waals surface area contributed by atoms with E-state index in [1.165, 1.54) is 4.90 Å². The van der Waals surface area contributed by atoms with E-state index in [4.69, 9.17) is 16.3 Å². The van der Waals surface area contributed by atoms with Crippen LogP contribution in [0.3, 0.4) is 0 Å². The van der Waals surface area contributed by atoms with Gasteiger partial charge in [0.1, 0.15) is 5.72 Å². The van der Waals surface area contributed by atoms with E-state index >= 15 is 0 Å². The van der Waals surface area contributed by atoms with Crippen molar-refractivity contribution >= 4 is 29.4 Å². The number of nitrogens with zero attached hydrogens (tertiary/aromatic N) is 2. The van der Waals surface area contributed by atoms with Crippen molar-refractivity contribution < 1.29 is 24.2 Å². The zero-order valence-corrected chi connectivity index (χ0v) is 17.8. The highest BCUT2D eigenvalue weighted by molar-refractivity contribution is 6.33. The normalized spacial score (nSPS) is 20.1. The fraction of sp³-hybridized carbons (Fsp3) is 0.348. The number of hydrogen-bond acceptors (Lipinski definition) is 4. The van der Waals surface area contributed by atoms with Gasteiger partial charge in [-0.25, -0.2) is 4.79 Å². The second-order valence-electron chi connectivity index (χ2n) is 7.93. The number of hydrogen-bond donors (Lipinski definition) is 1. The second-order valence-corrected chi connectivity index (χ2v) is 8.34. The largest absolute Gasteiger partial charge is 0.480 e. The number of carboxylic acids is 1. The fourth-order valence-corrected chi connectivity index (χ4v) is 4.55. The van der Waals surface area contributed by atoms with Gasteiger partial charge in [0.25, 0.3) is 11.8 Å². The number of carbonyl (C=O) groups excluding carboxylic acids is 2. The predicted octanol–water partition coefficient (Wildman–Crippen LogP) is 3.21. The number of carbonyl (C=O) groups is 3. The molecule has 1 N–H and O–H groups in total. The van der Waals surface area contributed by atoms with Crippen LogP contribution in [-0.4, -0.2) is 64.2 Å². The van der Waals surface area contributed by atoms with Crippen LogP contribution in [0.25, 0.3) is 0 Å². The lowest BCUT2D eigenvalue weighted by atomic mass is 9.96. The molecule has 0 saturated carbocycles. The number of aliphatic carboxylic acids is 1. The Morgan fingerprint density at radius 3 is 2.42 bits per heavy atom. The zero-order chi connectivity index (χ0) is 22.2. The van der Waals surface area contributed by atoms with E-state index < -0.39 is 17.7 Å². The third-order valence-corrected chi connectivity index (χ3v) is 6.30. The Bertz CT molecular complexity index is 1030. The van der Waals surface area contributed by atoms with Crippen molar-refractivity contribution in [2.75, 3.05) is 19.7 Å². The molecule has 2 aliphatic rings. The average Bonchev–Trinajstić information content (AvgIpc) is 3.12. The van der Waals surface area contributed by atoms with Crippen molar-refractivity contribution in [2.24, 2.45) is 0 Å². The van der Waals surface area contributed by atoms with Gasteiger partial charge in [0.2, 0.25) is 0 Å². The minimum absolute atomic E-state index is 0.0780. The van der Waals surface area contributed by atoms with E-state index in [-0.39, 0.29) is 18.4 Å². The molecule has 2 saturated heterocycles.